The molecule has 1 aromatic rings. The van der Waals surface area contributed by atoms with Crippen molar-refractivity contribution >= 4 is 11.8 Å². The summed E-state index contributed by atoms with van der Waals surface area (Å²) in [6.07, 6.45) is 0.306. The highest BCUT2D eigenvalue weighted by molar-refractivity contribution is 6.07. The van der Waals surface area contributed by atoms with Crippen LogP contribution in [0.15, 0.2) is 30.0 Å². The first-order valence-electron chi connectivity index (χ1n) is 4.05. The van der Waals surface area contributed by atoms with E-state index in [4.69, 9.17) is 10.2 Å². The summed E-state index contributed by atoms with van der Waals surface area (Å²) in [4.78, 5) is 21.4. The summed E-state index contributed by atoms with van der Waals surface area (Å²) in [5, 5.41) is 17.0. The standard InChI is InChI=1S/C10H6F2O4/c11-5-1-2-7(12)6(3-5)8(13)4-9(14)10(15)16/h1-4,14H,(H,15,16)/b9-4-. The molecule has 0 aliphatic heterocycles. The molecule has 0 bridgehead atoms. The summed E-state index contributed by atoms with van der Waals surface area (Å²) in [5.74, 6) is -5.94. The Morgan fingerprint density at radius 3 is 2.38 bits per heavy atom. The lowest BCUT2D eigenvalue weighted by Crippen LogP contribution is -2.05. The molecule has 16 heavy (non-hydrogen) atoms. The average Bonchev–Trinajstić information content (AvgIpc) is 2.21. The Hall–Kier alpha value is -2.24. The van der Waals surface area contributed by atoms with Crippen molar-refractivity contribution in [2.24, 2.45) is 0 Å². The zero-order valence-electron chi connectivity index (χ0n) is 7.78. The van der Waals surface area contributed by atoms with Crippen molar-refractivity contribution in [2.75, 3.05) is 0 Å². The number of hydrogen-bond acceptors (Lipinski definition) is 3. The quantitative estimate of drug-likeness (QED) is 0.468. The second-order valence-corrected chi connectivity index (χ2v) is 2.82. The van der Waals surface area contributed by atoms with Crippen LogP contribution in [0.1, 0.15) is 10.4 Å². The zero-order valence-corrected chi connectivity index (χ0v) is 7.78. The zero-order chi connectivity index (χ0) is 12.3. The number of benzene rings is 1. The Morgan fingerprint density at radius 2 is 1.81 bits per heavy atom. The van der Waals surface area contributed by atoms with Crippen molar-refractivity contribution in [3.05, 3.63) is 47.2 Å². The first kappa shape index (κ1) is 11.8. The number of allylic oxidation sites excluding steroid dienone is 1. The minimum atomic E-state index is -1.73. The third kappa shape index (κ3) is 2.63. The fraction of sp³-hybridized carbons (Fsp3) is 0. The minimum absolute atomic E-state index is 0.306. The van der Waals surface area contributed by atoms with Gasteiger partial charge in [-0.1, -0.05) is 0 Å². The fourth-order valence-electron chi connectivity index (χ4n) is 0.950. The van der Waals surface area contributed by atoms with E-state index in [1.165, 1.54) is 0 Å². The maximum absolute atomic E-state index is 13.0. The molecule has 0 aromatic heterocycles. The topological polar surface area (TPSA) is 74.6 Å². The summed E-state index contributed by atoms with van der Waals surface area (Å²) in [7, 11) is 0. The van der Waals surface area contributed by atoms with Gasteiger partial charge in [0.1, 0.15) is 11.6 Å². The number of carboxylic acid groups (broad SMARTS) is 1. The van der Waals surface area contributed by atoms with Crippen molar-refractivity contribution < 1.29 is 28.6 Å². The molecule has 84 valence electrons. The molecule has 0 fully saturated rings. The second-order valence-electron chi connectivity index (χ2n) is 2.82. The van der Waals surface area contributed by atoms with Gasteiger partial charge in [-0.2, -0.15) is 0 Å². The SMILES string of the molecule is O=C(O)/C(O)=C/C(=O)c1cc(F)ccc1F. The number of carboxylic acids is 1. The highest BCUT2D eigenvalue weighted by atomic mass is 19.1. The molecule has 0 atom stereocenters. The third-order valence-corrected chi connectivity index (χ3v) is 1.68. The van der Waals surface area contributed by atoms with E-state index in [-0.39, 0.29) is 0 Å². The molecule has 1 rings (SSSR count). The number of aliphatic carboxylic acids is 1. The van der Waals surface area contributed by atoms with Crippen LogP contribution in [0.25, 0.3) is 0 Å². The average molecular weight is 228 g/mol. The van der Waals surface area contributed by atoms with Crippen LogP contribution >= 0.6 is 0 Å². The van der Waals surface area contributed by atoms with Crippen molar-refractivity contribution in [2.45, 2.75) is 0 Å². The number of hydrogen-bond donors (Lipinski definition) is 2. The molecule has 0 aliphatic carbocycles. The van der Waals surface area contributed by atoms with Gasteiger partial charge in [-0.3, -0.25) is 4.79 Å². The molecular formula is C10H6F2O4. The van der Waals surface area contributed by atoms with Crippen LogP contribution in [0.3, 0.4) is 0 Å². The highest BCUT2D eigenvalue weighted by Crippen LogP contribution is 2.11. The predicted molar refractivity (Wildman–Crippen MR) is 49.0 cm³/mol. The molecule has 0 amide bonds. The predicted octanol–water partition coefficient (Wildman–Crippen LogP) is 1.67. The van der Waals surface area contributed by atoms with E-state index >= 15 is 0 Å². The number of rotatable bonds is 3. The van der Waals surface area contributed by atoms with Crippen LogP contribution in [-0.2, 0) is 4.79 Å². The number of carbonyl (C=O) groups is 2. The van der Waals surface area contributed by atoms with Crippen LogP contribution in [0.5, 0.6) is 0 Å². The molecule has 0 spiro atoms. The Bertz CT molecular complexity index is 480. The summed E-state index contributed by atoms with van der Waals surface area (Å²) in [5.41, 5.74) is -0.646. The van der Waals surface area contributed by atoms with E-state index in [0.29, 0.717) is 12.1 Å². The lowest BCUT2D eigenvalue weighted by atomic mass is 10.1. The van der Waals surface area contributed by atoms with E-state index in [0.717, 1.165) is 12.1 Å². The molecule has 0 unspecified atom stereocenters. The molecule has 6 heteroatoms. The second kappa shape index (κ2) is 4.52. The van der Waals surface area contributed by atoms with Gasteiger partial charge in [-0.15, -0.1) is 0 Å². The van der Waals surface area contributed by atoms with Gasteiger partial charge in [0.25, 0.3) is 0 Å². The molecule has 0 aliphatic rings. The number of aliphatic hydroxyl groups excluding tert-OH is 1. The fourth-order valence-corrected chi connectivity index (χ4v) is 0.950. The van der Waals surface area contributed by atoms with Gasteiger partial charge in [0.2, 0.25) is 5.76 Å². The molecule has 0 heterocycles. The maximum Gasteiger partial charge on any atom is 0.371 e. The van der Waals surface area contributed by atoms with Crippen molar-refractivity contribution in [1.82, 2.24) is 0 Å². The summed E-state index contributed by atoms with van der Waals surface area (Å²) >= 11 is 0. The molecule has 0 saturated heterocycles. The third-order valence-electron chi connectivity index (χ3n) is 1.68. The first-order valence-corrected chi connectivity index (χ1v) is 4.05. The number of aliphatic hydroxyl groups is 1. The van der Waals surface area contributed by atoms with E-state index in [1.807, 2.05) is 0 Å². The van der Waals surface area contributed by atoms with E-state index < -0.39 is 34.7 Å². The van der Waals surface area contributed by atoms with Gasteiger partial charge in [0.15, 0.2) is 5.78 Å². The molecule has 1 aromatic carbocycles. The van der Waals surface area contributed by atoms with Crippen LogP contribution in [0.2, 0.25) is 0 Å². The Morgan fingerprint density at radius 1 is 1.19 bits per heavy atom. The normalized spacial score (nSPS) is 11.2. The van der Waals surface area contributed by atoms with Crippen LogP contribution < -0.4 is 0 Å². The summed E-state index contributed by atoms with van der Waals surface area (Å²) < 4.78 is 25.7. The monoisotopic (exact) mass is 228 g/mol. The first-order chi connectivity index (χ1) is 7.41. The minimum Gasteiger partial charge on any atom is -0.502 e. The molecule has 2 N–H and O–H groups in total. The van der Waals surface area contributed by atoms with Gasteiger partial charge in [0, 0.05) is 6.08 Å². The lowest BCUT2D eigenvalue weighted by molar-refractivity contribution is -0.135. The number of ketones is 1. The van der Waals surface area contributed by atoms with Crippen molar-refractivity contribution in [3.8, 4) is 0 Å². The molecule has 0 saturated carbocycles. The van der Waals surface area contributed by atoms with Gasteiger partial charge < -0.3 is 10.2 Å². The largest absolute Gasteiger partial charge is 0.502 e. The summed E-state index contributed by atoms with van der Waals surface area (Å²) in [6, 6.07) is 2.16. The Kier molecular flexibility index (Phi) is 3.34. The van der Waals surface area contributed by atoms with E-state index in [1.54, 1.807) is 0 Å². The van der Waals surface area contributed by atoms with E-state index in [2.05, 4.69) is 0 Å². The smallest absolute Gasteiger partial charge is 0.371 e. The van der Waals surface area contributed by atoms with Crippen molar-refractivity contribution in [1.29, 1.82) is 0 Å². The molecular weight excluding hydrogens is 222 g/mol. The van der Waals surface area contributed by atoms with Gasteiger partial charge >= 0.3 is 5.97 Å². The summed E-state index contributed by atoms with van der Waals surface area (Å²) in [6.45, 7) is 0. The van der Waals surface area contributed by atoms with Crippen LogP contribution in [-0.4, -0.2) is 22.0 Å². The van der Waals surface area contributed by atoms with Gasteiger partial charge in [-0.05, 0) is 18.2 Å². The van der Waals surface area contributed by atoms with Gasteiger partial charge in [-0.25, -0.2) is 13.6 Å². The Balaban J connectivity index is 3.10. The van der Waals surface area contributed by atoms with Crippen LogP contribution in [0, 0.1) is 11.6 Å². The van der Waals surface area contributed by atoms with Crippen molar-refractivity contribution in [3.63, 3.8) is 0 Å². The lowest BCUT2D eigenvalue weighted by Gasteiger charge is -1.98. The maximum atomic E-state index is 13.0. The molecule has 0 radical (unpaired) electrons. The Labute approximate surface area is 88.4 Å². The number of carbonyl (C=O) groups excluding carboxylic acids is 1. The van der Waals surface area contributed by atoms with Crippen LogP contribution in [0.4, 0.5) is 8.78 Å². The molecule has 4 nitrogen and oxygen atoms in total. The number of halogens is 2. The highest BCUT2D eigenvalue weighted by Gasteiger charge is 2.14. The van der Waals surface area contributed by atoms with Gasteiger partial charge in [0.05, 0.1) is 5.56 Å². The van der Waals surface area contributed by atoms with E-state index in [9.17, 15) is 18.4 Å².